The van der Waals surface area contributed by atoms with E-state index in [4.69, 9.17) is 0 Å². The third-order valence-electron chi connectivity index (χ3n) is 3.77. The summed E-state index contributed by atoms with van der Waals surface area (Å²) in [5.41, 5.74) is 0.375. The highest BCUT2D eigenvalue weighted by atomic mass is 16.6. The van der Waals surface area contributed by atoms with Crippen molar-refractivity contribution in [3.8, 4) is 0 Å². The second kappa shape index (κ2) is 11.0. The van der Waals surface area contributed by atoms with Crippen molar-refractivity contribution in [3.05, 3.63) is 52.6 Å². The van der Waals surface area contributed by atoms with Crippen LogP contribution in [0.5, 0.6) is 0 Å². The third kappa shape index (κ3) is 8.10. The van der Waals surface area contributed by atoms with Gasteiger partial charge in [0, 0.05) is 12.1 Å². The van der Waals surface area contributed by atoms with Gasteiger partial charge in [-0.15, -0.1) is 6.58 Å². The van der Waals surface area contributed by atoms with E-state index < -0.39 is 22.8 Å². The zero-order valence-corrected chi connectivity index (χ0v) is 14.1. The molecule has 1 atom stereocenters. The van der Waals surface area contributed by atoms with Gasteiger partial charge in [-0.05, 0) is 24.8 Å². The number of carbonyl (C=O) groups excluding carboxylic acids is 1. The first-order chi connectivity index (χ1) is 11.9. The van der Waals surface area contributed by atoms with Crippen molar-refractivity contribution >= 4 is 17.6 Å². The molecule has 0 unspecified atom stereocenters. The minimum absolute atomic E-state index is 0.0925. The first kappa shape index (κ1) is 20.3. The lowest BCUT2D eigenvalue weighted by molar-refractivity contribution is -0.384. The second-order valence-corrected chi connectivity index (χ2v) is 5.84. The van der Waals surface area contributed by atoms with Crippen molar-refractivity contribution < 1.29 is 19.6 Å². The SMILES string of the molecule is C=CCCCCCC[C@H](NC(=O)Cc1cccc([N+](=O)[O-])c1)C(=O)O. The summed E-state index contributed by atoms with van der Waals surface area (Å²) in [6.45, 7) is 3.65. The van der Waals surface area contributed by atoms with E-state index in [0.717, 1.165) is 25.7 Å². The number of amides is 1. The number of hydrogen-bond acceptors (Lipinski definition) is 4. The Labute approximate surface area is 146 Å². The molecule has 0 saturated heterocycles. The van der Waals surface area contributed by atoms with Crippen LogP contribution in [0.3, 0.4) is 0 Å². The van der Waals surface area contributed by atoms with E-state index in [1.54, 1.807) is 6.07 Å². The Morgan fingerprint density at radius 2 is 2.00 bits per heavy atom. The number of hydrogen-bond donors (Lipinski definition) is 2. The Morgan fingerprint density at radius 3 is 2.64 bits per heavy atom. The molecule has 1 aromatic carbocycles. The standard InChI is InChI=1S/C18H24N2O5/c1-2-3-4-5-6-7-11-16(18(22)23)19-17(21)13-14-9-8-10-15(12-14)20(24)25/h2,8-10,12,16H,1,3-7,11,13H2,(H,19,21)(H,22,23)/t16-/m0/s1. The normalized spacial score (nSPS) is 11.5. The molecule has 2 N–H and O–H groups in total. The van der Waals surface area contributed by atoms with E-state index in [2.05, 4.69) is 11.9 Å². The zero-order valence-electron chi connectivity index (χ0n) is 14.1. The lowest BCUT2D eigenvalue weighted by Crippen LogP contribution is -2.41. The summed E-state index contributed by atoms with van der Waals surface area (Å²) in [6, 6.07) is 4.81. The maximum atomic E-state index is 12.0. The van der Waals surface area contributed by atoms with E-state index >= 15 is 0 Å². The highest BCUT2D eigenvalue weighted by Gasteiger charge is 2.19. The molecule has 0 aliphatic carbocycles. The molecule has 0 fully saturated rings. The number of nitro groups is 1. The summed E-state index contributed by atoms with van der Waals surface area (Å²) in [5, 5.41) is 22.5. The summed E-state index contributed by atoms with van der Waals surface area (Å²) >= 11 is 0. The number of nitrogens with zero attached hydrogens (tertiary/aromatic N) is 1. The van der Waals surface area contributed by atoms with Gasteiger partial charge in [0.25, 0.3) is 5.69 Å². The van der Waals surface area contributed by atoms with Crippen molar-refractivity contribution in [3.63, 3.8) is 0 Å². The maximum absolute atomic E-state index is 12.0. The van der Waals surface area contributed by atoms with Crippen LogP contribution in [0.2, 0.25) is 0 Å². The van der Waals surface area contributed by atoms with Crippen LogP contribution in [0, 0.1) is 10.1 Å². The lowest BCUT2D eigenvalue weighted by Gasteiger charge is -2.14. The number of carboxylic acid groups (broad SMARTS) is 1. The first-order valence-electron chi connectivity index (χ1n) is 8.30. The fourth-order valence-corrected chi connectivity index (χ4v) is 2.46. The quantitative estimate of drug-likeness (QED) is 0.261. The van der Waals surface area contributed by atoms with Gasteiger partial charge in [-0.3, -0.25) is 14.9 Å². The molecule has 7 nitrogen and oxygen atoms in total. The average molecular weight is 348 g/mol. The predicted octanol–water partition coefficient (Wildman–Crippen LogP) is 3.23. The van der Waals surface area contributed by atoms with Crippen molar-refractivity contribution in [2.24, 2.45) is 0 Å². The molecule has 25 heavy (non-hydrogen) atoms. The van der Waals surface area contributed by atoms with E-state index in [1.807, 2.05) is 6.08 Å². The molecule has 0 aliphatic rings. The molecule has 136 valence electrons. The molecule has 1 aromatic rings. The van der Waals surface area contributed by atoms with Gasteiger partial charge in [-0.2, -0.15) is 0 Å². The molecule has 0 bridgehead atoms. The summed E-state index contributed by atoms with van der Waals surface area (Å²) in [4.78, 5) is 33.5. The Balaban J connectivity index is 2.47. The summed E-state index contributed by atoms with van der Waals surface area (Å²) in [5.74, 6) is -1.53. The molecule has 0 spiro atoms. The number of rotatable bonds is 12. The number of nitro benzene ring substituents is 1. The van der Waals surface area contributed by atoms with Gasteiger partial charge < -0.3 is 10.4 Å². The lowest BCUT2D eigenvalue weighted by atomic mass is 10.1. The number of benzene rings is 1. The average Bonchev–Trinajstić information content (AvgIpc) is 2.56. The fourth-order valence-electron chi connectivity index (χ4n) is 2.46. The number of non-ortho nitro benzene ring substituents is 1. The first-order valence-corrected chi connectivity index (χ1v) is 8.30. The molecule has 0 saturated carbocycles. The van der Waals surface area contributed by atoms with E-state index in [-0.39, 0.29) is 12.1 Å². The smallest absolute Gasteiger partial charge is 0.326 e. The summed E-state index contributed by atoms with van der Waals surface area (Å²) in [6.07, 6.45) is 6.72. The molecule has 0 aliphatic heterocycles. The Hall–Kier alpha value is -2.70. The van der Waals surface area contributed by atoms with Crippen LogP contribution >= 0.6 is 0 Å². The van der Waals surface area contributed by atoms with Crippen LogP contribution in [-0.4, -0.2) is 27.9 Å². The summed E-state index contributed by atoms with van der Waals surface area (Å²) in [7, 11) is 0. The molecule has 0 heterocycles. The largest absolute Gasteiger partial charge is 0.480 e. The van der Waals surface area contributed by atoms with Crippen LogP contribution in [0.25, 0.3) is 0 Å². The molecule has 1 amide bonds. The van der Waals surface area contributed by atoms with Crippen LogP contribution in [0.4, 0.5) is 5.69 Å². The third-order valence-corrected chi connectivity index (χ3v) is 3.77. The van der Waals surface area contributed by atoms with Gasteiger partial charge in [0.15, 0.2) is 0 Å². The Kier molecular flexibility index (Phi) is 8.92. The van der Waals surface area contributed by atoms with Gasteiger partial charge in [0.2, 0.25) is 5.91 Å². The summed E-state index contributed by atoms with van der Waals surface area (Å²) < 4.78 is 0. The van der Waals surface area contributed by atoms with Gasteiger partial charge in [-0.25, -0.2) is 4.79 Å². The number of allylic oxidation sites excluding steroid dienone is 1. The Morgan fingerprint density at radius 1 is 1.28 bits per heavy atom. The topological polar surface area (TPSA) is 110 Å². The number of nitrogens with one attached hydrogen (secondary N) is 1. The van der Waals surface area contributed by atoms with E-state index in [0.29, 0.717) is 18.4 Å². The molecular weight excluding hydrogens is 324 g/mol. The van der Waals surface area contributed by atoms with Crippen LogP contribution in [-0.2, 0) is 16.0 Å². The van der Waals surface area contributed by atoms with Crippen LogP contribution in [0.1, 0.15) is 44.1 Å². The van der Waals surface area contributed by atoms with Gasteiger partial charge >= 0.3 is 5.97 Å². The Bertz CT molecular complexity index is 615. The van der Waals surface area contributed by atoms with Gasteiger partial charge in [0.05, 0.1) is 11.3 Å². The highest BCUT2D eigenvalue weighted by molar-refractivity contribution is 5.84. The predicted molar refractivity (Wildman–Crippen MR) is 94.3 cm³/mol. The maximum Gasteiger partial charge on any atom is 0.326 e. The number of carboxylic acids is 1. The monoisotopic (exact) mass is 348 g/mol. The van der Waals surface area contributed by atoms with E-state index in [1.165, 1.54) is 18.2 Å². The molecule has 7 heteroatoms. The highest BCUT2D eigenvalue weighted by Crippen LogP contribution is 2.14. The second-order valence-electron chi connectivity index (χ2n) is 5.84. The van der Waals surface area contributed by atoms with Crippen molar-refractivity contribution in [2.45, 2.75) is 51.0 Å². The van der Waals surface area contributed by atoms with Crippen molar-refractivity contribution in [2.75, 3.05) is 0 Å². The fraction of sp³-hybridized carbons (Fsp3) is 0.444. The number of unbranched alkanes of at least 4 members (excludes halogenated alkanes) is 4. The molecular formula is C18H24N2O5. The minimum atomic E-state index is -1.07. The van der Waals surface area contributed by atoms with Crippen molar-refractivity contribution in [1.29, 1.82) is 0 Å². The van der Waals surface area contributed by atoms with Gasteiger partial charge in [-0.1, -0.05) is 37.5 Å². The van der Waals surface area contributed by atoms with Crippen LogP contribution in [0.15, 0.2) is 36.9 Å². The van der Waals surface area contributed by atoms with E-state index in [9.17, 15) is 24.8 Å². The zero-order chi connectivity index (χ0) is 18.7. The molecule has 1 rings (SSSR count). The van der Waals surface area contributed by atoms with Crippen LogP contribution < -0.4 is 5.32 Å². The number of carbonyl (C=O) groups is 2. The van der Waals surface area contributed by atoms with Crippen molar-refractivity contribution in [1.82, 2.24) is 5.32 Å². The minimum Gasteiger partial charge on any atom is -0.480 e. The van der Waals surface area contributed by atoms with Gasteiger partial charge in [0.1, 0.15) is 6.04 Å². The number of aliphatic carboxylic acids is 1. The molecule has 0 aromatic heterocycles. The molecule has 0 radical (unpaired) electrons.